The van der Waals surface area contributed by atoms with Crippen LogP contribution in [0.4, 0.5) is 11.4 Å². The lowest BCUT2D eigenvalue weighted by Crippen LogP contribution is -2.48. The summed E-state index contributed by atoms with van der Waals surface area (Å²) in [6, 6.07) is 11.8. The summed E-state index contributed by atoms with van der Waals surface area (Å²) in [4.78, 5) is 17.4. The van der Waals surface area contributed by atoms with Crippen molar-refractivity contribution in [2.24, 2.45) is 5.92 Å². The van der Waals surface area contributed by atoms with Crippen molar-refractivity contribution in [3.63, 3.8) is 0 Å². The first-order valence-corrected chi connectivity index (χ1v) is 13.5. The lowest BCUT2D eigenvalue weighted by Gasteiger charge is -2.36. The number of sulfonamides is 1. The maximum Gasteiger partial charge on any atom is 0.243 e. The number of carbonyl (C=O) groups excluding carboxylic acids is 1. The lowest BCUT2D eigenvalue weighted by molar-refractivity contribution is -0.125. The zero-order valence-electron chi connectivity index (χ0n) is 19.8. The molecule has 1 saturated carbocycles. The van der Waals surface area contributed by atoms with Gasteiger partial charge in [0, 0.05) is 49.5 Å². The Balaban J connectivity index is 1.32. The highest BCUT2D eigenvalue weighted by molar-refractivity contribution is 7.89. The zero-order chi connectivity index (χ0) is 23.3. The molecule has 1 aliphatic carbocycles. The molecule has 0 N–H and O–H groups in total. The van der Waals surface area contributed by atoms with E-state index in [4.69, 9.17) is 0 Å². The Kier molecular flexibility index (Phi) is 5.73. The Hall–Kier alpha value is -2.38. The van der Waals surface area contributed by atoms with Gasteiger partial charge < -0.3 is 9.80 Å². The molecule has 0 bridgehead atoms. The Labute approximate surface area is 197 Å². The number of rotatable bonds is 4. The molecule has 2 fully saturated rings. The van der Waals surface area contributed by atoms with Crippen LogP contribution < -0.4 is 9.80 Å². The monoisotopic (exact) mass is 467 g/mol. The molecule has 2 aliphatic heterocycles. The zero-order valence-corrected chi connectivity index (χ0v) is 20.6. The normalized spacial score (nSPS) is 21.7. The highest BCUT2D eigenvalue weighted by Gasteiger charge is 2.38. The summed E-state index contributed by atoms with van der Waals surface area (Å²) in [7, 11) is -3.57. The second kappa shape index (κ2) is 8.44. The summed E-state index contributed by atoms with van der Waals surface area (Å²) < 4.78 is 28.5. The Morgan fingerprint density at radius 2 is 1.64 bits per heavy atom. The van der Waals surface area contributed by atoms with Crippen LogP contribution in [0, 0.1) is 19.8 Å². The molecule has 0 spiro atoms. The van der Waals surface area contributed by atoms with E-state index in [1.807, 2.05) is 11.0 Å². The summed E-state index contributed by atoms with van der Waals surface area (Å²) in [5.74, 6) is 0.334. The lowest BCUT2D eigenvalue weighted by atomic mass is 9.84. The SMILES string of the molecule is Cc1ccc(N2CCN(S(=O)(=O)c3ccc4c(c3)C[C@H](C)N4C(=O)C3CCC3)CC2)c(C)c1. The van der Waals surface area contributed by atoms with E-state index in [9.17, 15) is 13.2 Å². The smallest absolute Gasteiger partial charge is 0.243 e. The molecule has 5 rings (SSSR count). The number of anilines is 2. The second-order valence-corrected chi connectivity index (χ2v) is 11.8. The van der Waals surface area contributed by atoms with Crippen LogP contribution in [0.3, 0.4) is 0 Å². The third-order valence-electron chi connectivity index (χ3n) is 7.53. The number of nitrogens with zero attached hydrogens (tertiary/aromatic N) is 3. The third kappa shape index (κ3) is 3.95. The fourth-order valence-corrected chi connectivity index (χ4v) is 6.91. The average molecular weight is 468 g/mol. The molecular weight excluding hydrogens is 434 g/mol. The van der Waals surface area contributed by atoms with Gasteiger partial charge >= 0.3 is 0 Å². The van der Waals surface area contributed by atoms with Crippen molar-refractivity contribution in [1.82, 2.24) is 4.31 Å². The second-order valence-electron chi connectivity index (χ2n) is 9.86. The molecule has 1 amide bonds. The van der Waals surface area contributed by atoms with Gasteiger partial charge in [0.1, 0.15) is 0 Å². The highest BCUT2D eigenvalue weighted by atomic mass is 32.2. The minimum absolute atomic E-state index is 0.0762. The predicted octanol–water partition coefficient (Wildman–Crippen LogP) is 3.89. The van der Waals surface area contributed by atoms with Gasteiger partial charge in [0.25, 0.3) is 0 Å². The number of amides is 1. The molecular formula is C26H33N3O3S. The van der Waals surface area contributed by atoms with Crippen molar-refractivity contribution in [3.8, 4) is 0 Å². The molecule has 0 aromatic heterocycles. The van der Waals surface area contributed by atoms with Crippen molar-refractivity contribution >= 4 is 27.3 Å². The van der Waals surface area contributed by atoms with Crippen molar-refractivity contribution in [2.75, 3.05) is 36.0 Å². The van der Waals surface area contributed by atoms with Crippen LogP contribution in [-0.2, 0) is 21.2 Å². The van der Waals surface area contributed by atoms with Crippen LogP contribution in [0.5, 0.6) is 0 Å². The van der Waals surface area contributed by atoms with Crippen molar-refractivity contribution in [3.05, 3.63) is 53.1 Å². The highest BCUT2D eigenvalue weighted by Crippen LogP contribution is 2.38. The Morgan fingerprint density at radius 1 is 0.939 bits per heavy atom. The topological polar surface area (TPSA) is 60.9 Å². The number of fused-ring (bicyclic) bond motifs is 1. The minimum Gasteiger partial charge on any atom is -0.369 e. The Bertz CT molecular complexity index is 1180. The molecule has 0 unspecified atom stereocenters. The van der Waals surface area contributed by atoms with Gasteiger partial charge in [0.05, 0.1) is 4.90 Å². The predicted molar refractivity (Wildman–Crippen MR) is 131 cm³/mol. The summed E-state index contributed by atoms with van der Waals surface area (Å²) in [6.45, 7) is 8.53. The van der Waals surface area contributed by atoms with Gasteiger partial charge in [-0.25, -0.2) is 8.42 Å². The molecule has 2 aromatic rings. The number of benzene rings is 2. The molecule has 0 radical (unpaired) electrons. The van der Waals surface area contributed by atoms with E-state index in [2.05, 4.69) is 43.9 Å². The van der Waals surface area contributed by atoms with Gasteiger partial charge in [-0.05, 0) is 75.4 Å². The molecule has 6 nitrogen and oxygen atoms in total. The van der Waals surface area contributed by atoms with Gasteiger partial charge in [0.2, 0.25) is 15.9 Å². The van der Waals surface area contributed by atoms with Crippen LogP contribution in [-0.4, -0.2) is 50.9 Å². The van der Waals surface area contributed by atoms with Crippen LogP contribution in [0.1, 0.15) is 42.9 Å². The summed E-state index contributed by atoms with van der Waals surface area (Å²) in [5, 5.41) is 0. The van der Waals surface area contributed by atoms with Gasteiger partial charge in [0.15, 0.2) is 0 Å². The first kappa shape index (κ1) is 22.4. The van der Waals surface area contributed by atoms with Gasteiger partial charge in [-0.3, -0.25) is 4.79 Å². The van der Waals surface area contributed by atoms with Crippen LogP contribution in [0.15, 0.2) is 41.3 Å². The van der Waals surface area contributed by atoms with Gasteiger partial charge in [-0.2, -0.15) is 4.31 Å². The van der Waals surface area contributed by atoms with Gasteiger partial charge in [-0.1, -0.05) is 24.1 Å². The molecule has 33 heavy (non-hydrogen) atoms. The maximum absolute atomic E-state index is 13.4. The summed E-state index contributed by atoms with van der Waals surface area (Å²) >= 11 is 0. The fraction of sp³-hybridized carbons (Fsp3) is 0.500. The van der Waals surface area contributed by atoms with E-state index >= 15 is 0 Å². The standard InChI is InChI=1S/C26H33N3O3S/c1-18-7-9-24(19(2)15-18)27-11-13-28(14-12-27)33(31,32)23-8-10-25-22(17-23)16-20(3)29(25)26(30)21-5-4-6-21/h7-10,15,17,20-21H,4-6,11-14,16H2,1-3H3/t20-/m0/s1. The van der Waals surface area contributed by atoms with E-state index in [-0.39, 0.29) is 17.9 Å². The fourth-order valence-electron chi connectivity index (χ4n) is 5.43. The first-order valence-electron chi connectivity index (χ1n) is 12.0. The number of aryl methyl sites for hydroxylation is 2. The van der Waals surface area contributed by atoms with E-state index in [0.717, 1.165) is 30.5 Å². The molecule has 7 heteroatoms. The average Bonchev–Trinajstić information content (AvgIpc) is 3.07. The minimum atomic E-state index is -3.57. The first-order chi connectivity index (χ1) is 15.8. The quantitative estimate of drug-likeness (QED) is 0.685. The summed E-state index contributed by atoms with van der Waals surface area (Å²) in [6.07, 6.45) is 3.77. The molecule has 2 heterocycles. The Morgan fingerprint density at radius 3 is 2.27 bits per heavy atom. The van der Waals surface area contributed by atoms with Crippen molar-refractivity contribution in [2.45, 2.75) is 57.4 Å². The number of hydrogen-bond acceptors (Lipinski definition) is 4. The van der Waals surface area contributed by atoms with E-state index in [1.165, 1.54) is 16.8 Å². The molecule has 1 atom stereocenters. The van der Waals surface area contributed by atoms with E-state index in [0.29, 0.717) is 37.5 Å². The molecule has 176 valence electrons. The van der Waals surface area contributed by atoms with Crippen molar-refractivity contribution < 1.29 is 13.2 Å². The third-order valence-corrected chi connectivity index (χ3v) is 9.42. The number of carbonyl (C=O) groups is 1. The van der Waals surface area contributed by atoms with Crippen LogP contribution in [0.2, 0.25) is 0 Å². The largest absolute Gasteiger partial charge is 0.369 e. The molecule has 3 aliphatic rings. The van der Waals surface area contributed by atoms with E-state index < -0.39 is 10.0 Å². The van der Waals surface area contributed by atoms with Gasteiger partial charge in [-0.15, -0.1) is 0 Å². The maximum atomic E-state index is 13.4. The van der Waals surface area contributed by atoms with Crippen LogP contribution >= 0.6 is 0 Å². The summed E-state index contributed by atoms with van der Waals surface area (Å²) in [5.41, 5.74) is 5.49. The molecule has 2 aromatic carbocycles. The van der Waals surface area contributed by atoms with Crippen LogP contribution in [0.25, 0.3) is 0 Å². The number of piperazine rings is 1. The molecule has 1 saturated heterocycles. The number of hydrogen-bond donors (Lipinski definition) is 0. The van der Waals surface area contributed by atoms with E-state index in [1.54, 1.807) is 16.4 Å². The van der Waals surface area contributed by atoms with Crippen molar-refractivity contribution in [1.29, 1.82) is 0 Å².